The minimum atomic E-state index is -0.591. The van der Waals surface area contributed by atoms with E-state index >= 15 is 0 Å². The smallest absolute Gasteiger partial charge is 0.416 e. The molecule has 6 nitrogen and oxygen atoms in total. The Labute approximate surface area is 146 Å². The lowest BCUT2D eigenvalue weighted by Gasteiger charge is -2.10. The first kappa shape index (κ1) is 16.7. The van der Waals surface area contributed by atoms with Crippen LogP contribution >= 0.6 is 0 Å². The Morgan fingerprint density at radius 2 is 2.08 bits per heavy atom. The molecule has 2 heterocycles. The summed E-state index contributed by atoms with van der Waals surface area (Å²) in [5.41, 5.74) is 2.61. The van der Waals surface area contributed by atoms with Crippen LogP contribution in [0.3, 0.4) is 0 Å². The van der Waals surface area contributed by atoms with Crippen LogP contribution in [-0.4, -0.2) is 20.9 Å². The molecule has 0 aliphatic heterocycles. The van der Waals surface area contributed by atoms with E-state index in [0.717, 1.165) is 22.3 Å². The number of benzene rings is 1. The highest BCUT2D eigenvalue weighted by molar-refractivity contribution is 5.85. The number of aromatic nitrogens is 3. The van der Waals surface area contributed by atoms with Crippen molar-refractivity contribution in [2.45, 2.75) is 26.7 Å². The fourth-order valence-electron chi connectivity index (χ4n) is 2.45. The molecule has 0 saturated heterocycles. The Morgan fingerprint density at radius 1 is 1.28 bits per heavy atom. The Bertz CT molecular complexity index is 944. The number of rotatable bonds is 4. The lowest BCUT2D eigenvalue weighted by atomic mass is 10.1. The number of fused-ring (bicyclic) bond motifs is 1. The van der Waals surface area contributed by atoms with E-state index in [1.165, 1.54) is 0 Å². The van der Waals surface area contributed by atoms with Gasteiger partial charge in [-0.25, -0.2) is 9.48 Å². The van der Waals surface area contributed by atoms with Gasteiger partial charge in [-0.1, -0.05) is 26.5 Å². The molecule has 0 aliphatic carbocycles. The van der Waals surface area contributed by atoms with Crippen molar-refractivity contribution in [3.05, 3.63) is 60.6 Å². The molecule has 3 aromatic rings. The van der Waals surface area contributed by atoms with Gasteiger partial charge in [0.15, 0.2) is 0 Å². The third-order valence-corrected chi connectivity index (χ3v) is 3.65. The van der Waals surface area contributed by atoms with Crippen molar-refractivity contribution >= 4 is 22.8 Å². The monoisotopic (exact) mass is 336 g/mol. The summed E-state index contributed by atoms with van der Waals surface area (Å²) in [4.78, 5) is 16.3. The number of anilines is 1. The van der Waals surface area contributed by atoms with Gasteiger partial charge in [-0.15, -0.1) is 0 Å². The molecule has 1 amide bonds. The number of ether oxygens (including phenoxy) is 1. The largest absolute Gasteiger partial charge is 0.417 e. The molecular weight excluding hydrogens is 316 g/mol. The van der Waals surface area contributed by atoms with Gasteiger partial charge in [0.25, 0.3) is 0 Å². The van der Waals surface area contributed by atoms with Crippen LogP contribution < -0.4 is 5.32 Å². The first-order valence-corrected chi connectivity index (χ1v) is 8.03. The van der Waals surface area contributed by atoms with Crippen molar-refractivity contribution in [3.63, 3.8) is 0 Å². The molecule has 0 fully saturated rings. The molecule has 2 aromatic heterocycles. The lowest BCUT2D eigenvalue weighted by Crippen LogP contribution is -2.15. The zero-order valence-corrected chi connectivity index (χ0v) is 14.5. The van der Waals surface area contributed by atoms with Gasteiger partial charge in [0, 0.05) is 17.6 Å². The van der Waals surface area contributed by atoms with Gasteiger partial charge >= 0.3 is 6.09 Å². The maximum Gasteiger partial charge on any atom is 0.417 e. The second-order valence-electron chi connectivity index (χ2n) is 6.12. The highest BCUT2D eigenvalue weighted by Gasteiger charge is 2.15. The summed E-state index contributed by atoms with van der Waals surface area (Å²) in [6, 6.07) is 11.5. The van der Waals surface area contributed by atoms with Crippen LogP contribution in [0.25, 0.3) is 16.6 Å². The molecular formula is C19H20N4O2. The zero-order valence-electron chi connectivity index (χ0n) is 14.5. The maximum atomic E-state index is 12.0. The molecule has 128 valence electrons. The summed E-state index contributed by atoms with van der Waals surface area (Å²) < 4.78 is 6.69. The van der Waals surface area contributed by atoms with Gasteiger partial charge in [-0.2, -0.15) is 5.10 Å². The van der Waals surface area contributed by atoms with E-state index in [1.54, 1.807) is 17.8 Å². The number of carbonyl (C=O) groups is 1. The number of amides is 1. The molecule has 0 radical (unpaired) electrons. The number of allylic oxidation sites excluding steroid dienone is 1. The van der Waals surface area contributed by atoms with Crippen LogP contribution in [0.1, 0.15) is 32.4 Å². The van der Waals surface area contributed by atoms with Crippen LogP contribution in [-0.2, 0) is 4.74 Å². The summed E-state index contributed by atoms with van der Waals surface area (Å²) in [6.07, 6.45) is 1.17. The molecule has 0 spiro atoms. The van der Waals surface area contributed by atoms with Gasteiger partial charge in [0.2, 0.25) is 0 Å². The normalized spacial score (nSPS) is 10.9. The van der Waals surface area contributed by atoms with E-state index in [0.29, 0.717) is 11.6 Å². The van der Waals surface area contributed by atoms with E-state index in [2.05, 4.69) is 22.0 Å². The summed E-state index contributed by atoms with van der Waals surface area (Å²) in [5.74, 6) is 1.09. The molecule has 0 atom stereocenters. The molecule has 1 N–H and O–H groups in total. The van der Waals surface area contributed by atoms with E-state index in [-0.39, 0.29) is 5.92 Å². The summed E-state index contributed by atoms with van der Waals surface area (Å²) >= 11 is 0. The van der Waals surface area contributed by atoms with Gasteiger partial charge in [0.05, 0.1) is 22.7 Å². The number of pyridine rings is 1. The van der Waals surface area contributed by atoms with E-state index in [4.69, 9.17) is 4.74 Å². The number of nitrogens with one attached hydrogen (secondary N) is 1. The van der Waals surface area contributed by atoms with Crippen molar-refractivity contribution in [3.8, 4) is 5.69 Å². The summed E-state index contributed by atoms with van der Waals surface area (Å²) in [5, 5.41) is 8.35. The fraction of sp³-hybridized carbons (Fsp3) is 0.211. The Hall–Kier alpha value is -3.15. The molecule has 6 heteroatoms. The zero-order chi connectivity index (χ0) is 18.0. The molecule has 0 aliphatic rings. The van der Waals surface area contributed by atoms with Crippen molar-refractivity contribution in [1.82, 2.24) is 14.8 Å². The van der Waals surface area contributed by atoms with Crippen molar-refractivity contribution in [2.24, 2.45) is 0 Å². The fourth-order valence-corrected chi connectivity index (χ4v) is 2.45. The Balaban J connectivity index is 2.03. The van der Waals surface area contributed by atoms with Gasteiger partial charge in [-0.3, -0.25) is 10.3 Å². The van der Waals surface area contributed by atoms with Crippen LogP contribution in [0.15, 0.2) is 54.9 Å². The third kappa shape index (κ3) is 3.68. The lowest BCUT2D eigenvalue weighted by molar-refractivity contribution is 0.192. The van der Waals surface area contributed by atoms with Gasteiger partial charge in [0.1, 0.15) is 5.82 Å². The third-order valence-electron chi connectivity index (χ3n) is 3.65. The number of hydrogen-bond acceptors (Lipinski definition) is 4. The molecule has 25 heavy (non-hydrogen) atoms. The van der Waals surface area contributed by atoms with Crippen molar-refractivity contribution in [1.29, 1.82) is 0 Å². The van der Waals surface area contributed by atoms with E-state index in [9.17, 15) is 4.79 Å². The number of carbonyl (C=O) groups excluding carboxylic acids is 1. The van der Waals surface area contributed by atoms with E-state index < -0.39 is 6.09 Å². The van der Waals surface area contributed by atoms with Crippen molar-refractivity contribution < 1.29 is 9.53 Å². The quantitative estimate of drug-likeness (QED) is 0.706. The standard InChI is InChI=1S/C19H20N4O2/c1-12(2)17-11-18(21-19(24)25-13(3)4)23(22-17)15-7-8-16-14(10-15)6-5-9-20-16/h5-12H,3H2,1-2,4H3,(H,21,24). The molecule has 0 saturated carbocycles. The predicted molar refractivity (Wildman–Crippen MR) is 97.9 cm³/mol. The SMILES string of the molecule is C=C(C)OC(=O)Nc1cc(C(C)C)nn1-c1ccc2ncccc2c1. The second-order valence-corrected chi connectivity index (χ2v) is 6.12. The minimum Gasteiger partial charge on any atom is -0.416 e. The Morgan fingerprint density at radius 3 is 2.80 bits per heavy atom. The highest BCUT2D eigenvalue weighted by Crippen LogP contribution is 2.24. The highest BCUT2D eigenvalue weighted by atomic mass is 16.6. The summed E-state index contributed by atoms with van der Waals surface area (Å²) in [6.45, 7) is 9.29. The number of nitrogens with zero attached hydrogens (tertiary/aromatic N) is 3. The summed E-state index contributed by atoms with van der Waals surface area (Å²) in [7, 11) is 0. The Kier molecular flexibility index (Phi) is 4.52. The average molecular weight is 336 g/mol. The first-order valence-electron chi connectivity index (χ1n) is 8.03. The van der Waals surface area contributed by atoms with Crippen LogP contribution in [0, 0.1) is 0 Å². The molecule has 1 aromatic carbocycles. The maximum absolute atomic E-state index is 12.0. The molecule has 0 unspecified atom stereocenters. The van der Waals surface area contributed by atoms with Gasteiger partial charge < -0.3 is 4.74 Å². The molecule has 3 rings (SSSR count). The first-order chi connectivity index (χ1) is 11.9. The molecule has 0 bridgehead atoms. The van der Waals surface area contributed by atoms with Crippen LogP contribution in [0.5, 0.6) is 0 Å². The predicted octanol–water partition coefficient (Wildman–Crippen LogP) is 4.63. The van der Waals surface area contributed by atoms with Crippen molar-refractivity contribution in [2.75, 3.05) is 5.32 Å². The van der Waals surface area contributed by atoms with Crippen LogP contribution in [0.4, 0.5) is 10.6 Å². The van der Waals surface area contributed by atoms with E-state index in [1.807, 2.05) is 50.2 Å². The van der Waals surface area contributed by atoms with Gasteiger partial charge in [-0.05, 0) is 37.1 Å². The topological polar surface area (TPSA) is 69.0 Å². The number of hydrogen-bond donors (Lipinski definition) is 1. The average Bonchev–Trinajstić information content (AvgIpc) is 2.97. The minimum absolute atomic E-state index is 0.223. The van der Waals surface area contributed by atoms with Crippen LogP contribution in [0.2, 0.25) is 0 Å². The second kappa shape index (κ2) is 6.76.